The van der Waals surface area contributed by atoms with E-state index in [4.69, 9.17) is 24.7 Å². The normalized spacial score (nSPS) is 31.5. The number of ketones is 2. The maximum Gasteiger partial charge on any atom is 0.405 e. The van der Waals surface area contributed by atoms with Gasteiger partial charge >= 0.3 is 6.09 Å². The summed E-state index contributed by atoms with van der Waals surface area (Å²) >= 11 is 0. The quantitative estimate of drug-likeness (QED) is 0.346. The molecule has 0 radical (unpaired) electrons. The number of nitrogens with two attached hydrogens (primary N) is 1. The molecule has 11 nitrogen and oxygen atoms in total. The lowest BCUT2D eigenvalue weighted by Gasteiger charge is -2.29. The first-order valence-corrected chi connectivity index (χ1v) is 13.0. The maximum atomic E-state index is 13.4. The number of Topliss-reactive ketones (excluding diaryl/α,β-unsaturated/α-hetero) is 1. The van der Waals surface area contributed by atoms with E-state index < -0.39 is 47.8 Å². The largest absolute Gasteiger partial charge is 0.497 e. The second kappa shape index (κ2) is 14.6. The lowest BCUT2D eigenvalue weighted by atomic mass is 9.85. The van der Waals surface area contributed by atoms with Crippen LogP contribution in [-0.4, -0.2) is 68.3 Å². The van der Waals surface area contributed by atoms with Gasteiger partial charge in [-0.2, -0.15) is 0 Å². The minimum atomic E-state index is -0.963. The highest BCUT2D eigenvalue weighted by Gasteiger charge is 2.33. The fraction of sp³-hybridized carbons (Fsp3) is 0.517. The molecule has 11 heteroatoms. The van der Waals surface area contributed by atoms with Crippen LogP contribution in [0.2, 0.25) is 0 Å². The summed E-state index contributed by atoms with van der Waals surface area (Å²) in [6.07, 6.45) is 3.29. The van der Waals surface area contributed by atoms with Crippen molar-refractivity contribution in [2.45, 2.75) is 65.3 Å². The summed E-state index contributed by atoms with van der Waals surface area (Å²) in [7, 11) is 4.20. The van der Waals surface area contributed by atoms with Crippen LogP contribution in [0.5, 0.6) is 0 Å². The number of methoxy groups -OCH3 is 3. The number of aliphatic hydroxyl groups excluding tert-OH is 1. The van der Waals surface area contributed by atoms with Crippen molar-refractivity contribution in [1.29, 1.82) is 0 Å². The fourth-order valence-electron chi connectivity index (χ4n) is 4.73. The number of fused-ring (bicyclic) bond motifs is 2. The highest BCUT2D eigenvalue weighted by Crippen LogP contribution is 2.29. The molecular formula is C29H40N2O9. The first-order chi connectivity index (χ1) is 18.8. The third kappa shape index (κ3) is 8.40. The minimum absolute atomic E-state index is 0.0838. The molecule has 4 N–H and O–H groups in total. The minimum Gasteiger partial charge on any atom is -0.497 e. The molecule has 0 saturated carbocycles. The smallest absolute Gasteiger partial charge is 0.405 e. The zero-order valence-corrected chi connectivity index (χ0v) is 24.1. The predicted molar refractivity (Wildman–Crippen MR) is 146 cm³/mol. The van der Waals surface area contributed by atoms with Crippen LogP contribution in [0.3, 0.4) is 0 Å². The van der Waals surface area contributed by atoms with Crippen molar-refractivity contribution in [2.75, 3.05) is 21.3 Å². The lowest BCUT2D eigenvalue weighted by Crippen LogP contribution is -2.36. The third-order valence-electron chi connectivity index (χ3n) is 6.93. The van der Waals surface area contributed by atoms with E-state index >= 15 is 0 Å². The molecular weight excluding hydrogens is 520 g/mol. The van der Waals surface area contributed by atoms with Gasteiger partial charge in [0.2, 0.25) is 11.6 Å². The van der Waals surface area contributed by atoms with E-state index in [1.807, 2.05) is 6.92 Å². The van der Waals surface area contributed by atoms with Crippen molar-refractivity contribution in [3.05, 3.63) is 58.2 Å². The number of amides is 2. The predicted octanol–water partition coefficient (Wildman–Crippen LogP) is 2.76. The summed E-state index contributed by atoms with van der Waals surface area (Å²) in [5.41, 5.74) is 6.11. The van der Waals surface area contributed by atoms with Crippen molar-refractivity contribution in [2.24, 2.45) is 17.6 Å². The van der Waals surface area contributed by atoms with E-state index in [1.165, 1.54) is 34.3 Å². The maximum absolute atomic E-state index is 13.4. The molecule has 1 aliphatic carbocycles. The number of hydrogen-bond donors (Lipinski definition) is 3. The molecule has 5 atom stereocenters. The van der Waals surface area contributed by atoms with Crippen molar-refractivity contribution in [3.63, 3.8) is 0 Å². The summed E-state index contributed by atoms with van der Waals surface area (Å²) in [4.78, 5) is 50.7. The van der Waals surface area contributed by atoms with Crippen molar-refractivity contribution in [3.8, 4) is 0 Å². The van der Waals surface area contributed by atoms with Gasteiger partial charge in [-0.15, -0.1) is 0 Å². The molecule has 1 heterocycles. The molecule has 2 rings (SSSR count). The van der Waals surface area contributed by atoms with Crippen LogP contribution >= 0.6 is 0 Å². The van der Waals surface area contributed by atoms with Crippen LogP contribution in [0.4, 0.5) is 4.79 Å². The van der Waals surface area contributed by atoms with Crippen LogP contribution in [-0.2, 0) is 33.3 Å². The van der Waals surface area contributed by atoms with Gasteiger partial charge in [0, 0.05) is 36.7 Å². The number of nitrogens with one attached hydrogen (secondary N) is 1. The third-order valence-corrected chi connectivity index (χ3v) is 6.93. The van der Waals surface area contributed by atoms with E-state index in [0.717, 1.165) is 6.08 Å². The first-order valence-electron chi connectivity index (χ1n) is 13.0. The average molecular weight is 561 g/mol. The molecule has 0 unspecified atom stereocenters. The Kier molecular flexibility index (Phi) is 11.9. The molecule has 0 saturated heterocycles. The summed E-state index contributed by atoms with van der Waals surface area (Å²) in [5.74, 6) is -2.10. The van der Waals surface area contributed by atoms with Crippen molar-refractivity contribution in [1.82, 2.24) is 5.32 Å². The molecule has 0 fully saturated rings. The second-order valence-electron chi connectivity index (χ2n) is 10.1. The summed E-state index contributed by atoms with van der Waals surface area (Å²) < 4.78 is 21.6. The van der Waals surface area contributed by atoms with E-state index in [-0.39, 0.29) is 41.4 Å². The standard InChI is InChI=1S/C29H40N2O9/c1-15-10-20-26(34)21(14-22(32)27(20)39-7)31-28(35)18(4)13-19(37-5)8-9-23(40-29(30)36)16(2)12-17(3)25(33)24(11-15)38-6/h8,12-15,17,23-25,33H,9-11H2,1-7H3,(H2,30,36)(H,31,35)/b16-12+,18-13+,19-8-/t15-,17+,23-,24+,25-/m1/s1. The van der Waals surface area contributed by atoms with Gasteiger partial charge in [0.1, 0.15) is 11.9 Å². The van der Waals surface area contributed by atoms with Gasteiger partial charge in [0.05, 0.1) is 32.1 Å². The second-order valence-corrected chi connectivity index (χ2v) is 10.1. The number of ether oxygens (including phenoxy) is 4. The van der Waals surface area contributed by atoms with Gasteiger partial charge in [-0.1, -0.05) is 19.9 Å². The van der Waals surface area contributed by atoms with Crippen LogP contribution < -0.4 is 11.1 Å². The van der Waals surface area contributed by atoms with Crippen LogP contribution in [0, 0.1) is 11.8 Å². The zero-order chi connectivity index (χ0) is 30.1. The van der Waals surface area contributed by atoms with Crippen molar-refractivity contribution >= 4 is 23.6 Å². The van der Waals surface area contributed by atoms with Crippen LogP contribution in [0.15, 0.2) is 58.2 Å². The number of aliphatic hydroxyl groups is 1. The van der Waals surface area contributed by atoms with Crippen LogP contribution in [0.1, 0.15) is 47.0 Å². The Hall–Kier alpha value is -3.70. The molecule has 2 amide bonds. The lowest BCUT2D eigenvalue weighted by molar-refractivity contribution is -0.120. The Morgan fingerprint density at radius 2 is 1.75 bits per heavy atom. The molecule has 220 valence electrons. The number of rotatable bonds is 4. The molecule has 0 aromatic rings. The summed E-state index contributed by atoms with van der Waals surface area (Å²) in [5, 5.41) is 13.6. The van der Waals surface area contributed by atoms with E-state index in [1.54, 1.807) is 26.0 Å². The number of primary amides is 1. The zero-order valence-electron chi connectivity index (χ0n) is 24.1. The van der Waals surface area contributed by atoms with E-state index in [2.05, 4.69) is 5.32 Å². The fourth-order valence-corrected chi connectivity index (χ4v) is 4.73. The van der Waals surface area contributed by atoms with Gasteiger partial charge in [0.25, 0.3) is 5.91 Å². The number of carbonyl (C=O) groups excluding carboxylic acids is 4. The van der Waals surface area contributed by atoms with Gasteiger partial charge in [0.15, 0.2) is 5.76 Å². The Labute approximate surface area is 234 Å². The van der Waals surface area contributed by atoms with Gasteiger partial charge < -0.3 is 35.1 Å². The topological polar surface area (TPSA) is 163 Å². The molecule has 2 aliphatic rings. The number of allylic oxidation sites excluding steroid dienone is 3. The Morgan fingerprint density at radius 1 is 1.07 bits per heavy atom. The van der Waals surface area contributed by atoms with Gasteiger partial charge in [-0.3, -0.25) is 14.4 Å². The summed E-state index contributed by atoms with van der Waals surface area (Å²) in [6.45, 7) is 6.95. The summed E-state index contributed by atoms with van der Waals surface area (Å²) in [6, 6.07) is 0. The Balaban J connectivity index is 2.60. The van der Waals surface area contributed by atoms with Gasteiger partial charge in [-0.05, 0) is 50.3 Å². The molecule has 0 aromatic heterocycles. The van der Waals surface area contributed by atoms with Crippen LogP contribution in [0.25, 0.3) is 0 Å². The highest BCUT2D eigenvalue weighted by atomic mass is 16.6. The number of carbonyl (C=O) groups is 4. The first kappa shape index (κ1) is 32.5. The number of hydrogen-bond acceptors (Lipinski definition) is 9. The Morgan fingerprint density at radius 3 is 2.33 bits per heavy atom. The molecule has 0 spiro atoms. The Bertz CT molecular complexity index is 1160. The molecule has 0 aromatic carbocycles. The van der Waals surface area contributed by atoms with Gasteiger partial charge in [-0.25, -0.2) is 4.79 Å². The monoisotopic (exact) mass is 560 g/mol. The molecule has 2 bridgehead atoms. The average Bonchev–Trinajstić information content (AvgIpc) is 2.90. The van der Waals surface area contributed by atoms with E-state index in [9.17, 15) is 24.3 Å². The SMILES string of the molecule is COC1=C2C[C@@H](C)C[C@H](OC)[C@H](O)[C@@H](C)/C=C(\C)[C@H](OC(N)=O)C/C=C(OC)/C=C(\C)C(=O)NC(=CC1=O)C2=O. The van der Waals surface area contributed by atoms with Crippen molar-refractivity contribution < 1.29 is 43.2 Å². The van der Waals surface area contributed by atoms with E-state index in [0.29, 0.717) is 17.8 Å². The molecule has 1 aliphatic heterocycles. The molecule has 40 heavy (non-hydrogen) atoms. The highest BCUT2D eigenvalue weighted by molar-refractivity contribution is 6.23.